The summed E-state index contributed by atoms with van der Waals surface area (Å²) in [5.41, 5.74) is 2.43. The molecule has 0 spiro atoms. The maximum atomic E-state index is 12.4. The van der Waals surface area contributed by atoms with E-state index in [1.165, 1.54) is 7.11 Å². The van der Waals surface area contributed by atoms with E-state index in [-0.39, 0.29) is 17.1 Å². The first-order chi connectivity index (χ1) is 15.5. The van der Waals surface area contributed by atoms with E-state index in [9.17, 15) is 13.2 Å². The Hall–Kier alpha value is -3.51. The average molecular weight is 448 g/mol. The van der Waals surface area contributed by atoms with Crippen molar-refractivity contribution in [3.05, 3.63) is 114 Å². The topological polar surface area (TPSA) is 72.8 Å². The van der Waals surface area contributed by atoms with Crippen molar-refractivity contribution in [1.29, 1.82) is 0 Å². The number of ether oxygens (including phenoxy) is 1. The fourth-order valence-electron chi connectivity index (χ4n) is 3.15. The quantitative estimate of drug-likeness (QED) is 0.275. The molecule has 0 bridgehead atoms. The van der Waals surface area contributed by atoms with Crippen LogP contribution in [0.15, 0.2) is 113 Å². The summed E-state index contributed by atoms with van der Waals surface area (Å²) in [5.74, 6) is -0.635. The second-order valence-electron chi connectivity index (χ2n) is 7.05. The molecule has 3 aromatic carbocycles. The number of carbonyl (C=O) groups excluding carboxylic acids is 1. The number of hydrogen-bond donors (Lipinski definition) is 0. The molecular formula is C26H25NO4S. The second-order valence-corrected chi connectivity index (χ2v) is 9.08. The molecule has 0 saturated carbocycles. The van der Waals surface area contributed by atoms with Crippen LogP contribution in [0.4, 0.5) is 0 Å². The number of benzene rings is 3. The number of carbonyl (C=O) groups is 1. The van der Waals surface area contributed by atoms with Crippen molar-refractivity contribution in [2.45, 2.75) is 17.4 Å². The van der Waals surface area contributed by atoms with Crippen molar-refractivity contribution >= 4 is 21.5 Å². The van der Waals surface area contributed by atoms with Crippen LogP contribution in [0.5, 0.6) is 0 Å². The highest BCUT2D eigenvalue weighted by atomic mass is 32.2. The molecule has 0 aliphatic carbocycles. The fourth-order valence-corrected chi connectivity index (χ4v) is 4.30. The number of esters is 1. The van der Waals surface area contributed by atoms with E-state index in [0.29, 0.717) is 5.71 Å². The number of nitrogens with zero attached hydrogens (tertiary/aromatic N) is 1. The summed E-state index contributed by atoms with van der Waals surface area (Å²) in [6.45, 7) is 0. The molecule has 3 aromatic rings. The fraction of sp³-hybridized carbons (Fsp3) is 0.154. The maximum Gasteiger partial charge on any atom is 0.330 e. The lowest BCUT2D eigenvalue weighted by atomic mass is 10.0. The lowest BCUT2D eigenvalue weighted by molar-refractivity contribution is -0.141. The summed E-state index contributed by atoms with van der Waals surface area (Å²) in [4.78, 5) is 17.4. The third kappa shape index (κ3) is 6.25. The van der Waals surface area contributed by atoms with Crippen LogP contribution in [0, 0.1) is 0 Å². The van der Waals surface area contributed by atoms with Crippen molar-refractivity contribution in [3.63, 3.8) is 0 Å². The molecule has 0 amide bonds. The monoisotopic (exact) mass is 447 g/mol. The minimum atomic E-state index is -3.43. The zero-order valence-corrected chi connectivity index (χ0v) is 18.6. The predicted octanol–water partition coefficient (Wildman–Crippen LogP) is 4.49. The van der Waals surface area contributed by atoms with Gasteiger partial charge in [-0.15, -0.1) is 0 Å². The van der Waals surface area contributed by atoms with E-state index in [1.54, 1.807) is 42.5 Å². The molecule has 32 heavy (non-hydrogen) atoms. The van der Waals surface area contributed by atoms with Gasteiger partial charge in [0.1, 0.15) is 0 Å². The Morgan fingerprint density at radius 3 is 1.84 bits per heavy atom. The molecule has 5 nitrogen and oxygen atoms in total. The molecule has 0 fully saturated rings. The van der Waals surface area contributed by atoms with E-state index in [0.717, 1.165) is 11.1 Å². The zero-order valence-electron chi connectivity index (χ0n) is 17.8. The third-order valence-electron chi connectivity index (χ3n) is 4.80. The molecule has 1 unspecified atom stereocenters. The van der Waals surface area contributed by atoms with Gasteiger partial charge >= 0.3 is 5.97 Å². The van der Waals surface area contributed by atoms with Gasteiger partial charge in [-0.1, -0.05) is 91.0 Å². The number of methoxy groups -OCH3 is 1. The van der Waals surface area contributed by atoms with Crippen LogP contribution in [0.3, 0.4) is 0 Å². The summed E-state index contributed by atoms with van der Waals surface area (Å²) in [6.07, 6.45) is 3.44. The van der Waals surface area contributed by atoms with Gasteiger partial charge in [-0.25, -0.2) is 13.2 Å². The summed E-state index contributed by atoms with van der Waals surface area (Å²) in [6, 6.07) is 26.7. The summed E-state index contributed by atoms with van der Waals surface area (Å²) < 4.78 is 29.8. The molecule has 0 saturated heterocycles. The lowest BCUT2D eigenvalue weighted by Gasteiger charge is -2.13. The largest absolute Gasteiger partial charge is 0.467 e. The minimum absolute atomic E-state index is 0.154. The molecule has 164 valence electrons. The van der Waals surface area contributed by atoms with Crippen LogP contribution < -0.4 is 0 Å². The van der Waals surface area contributed by atoms with Crippen LogP contribution >= 0.6 is 0 Å². The highest BCUT2D eigenvalue weighted by Gasteiger charge is 2.19. The third-order valence-corrected chi connectivity index (χ3v) is 6.42. The second kappa shape index (κ2) is 11.2. The molecule has 0 radical (unpaired) electrons. The number of aliphatic imine (C=N–C) groups is 1. The summed E-state index contributed by atoms with van der Waals surface area (Å²) in [5, 5.41) is 0. The highest BCUT2D eigenvalue weighted by Crippen LogP contribution is 2.15. The van der Waals surface area contributed by atoms with Crippen LogP contribution in [0.1, 0.15) is 17.5 Å². The maximum absolute atomic E-state index is 12.4. The van der Waals surface area contributed by atoms with E-state index in [2.05, 4.69) is 0 Å². The predicted molar refractivity (Wildman–Crippen MR) is 127 cm³/mol. The summed E-state index contributed by atoms with van der Waals surface area (Å²) in [7, 11) is -2.11. The molecule has 0 N–H and O–H groups in total. The zero-order chi connectivity index (χ0) is 22.8. The molecular weight excluding hydrogens is 422 g/mol. The van der Waals surface area contributed by atoms with Gasteiger partial charge in [0, 0.05) is 11.1 Å². The molecule has 0 heterocycles. The van der Waals surface area contributed by atoms with Crippen molar-refractivity contribution in [1.82, 2.24) is 0 Å². The highest BCUT2D eigenvalue weighted by molar-refractivity contribution is 7.91. The Labute approximate surface area is 189 Å². The van der Waals surface area contributed by atoms with E-state index in [1.807, 2.05) is 60.7 Å². The number of hydrogen-bond acceptors (Lipinski definition) is 5. The van der Waals surface area contributed by atoms with Crippen LogP contribution in [-0.2, 0) is 19.4 Å². The Morgan fingerprint density at radius 1 is 0.844 bits per heavy atom. The normalized spacial score (nSPS) is 12.3. The van der Waals surface area contributed by atoms with Gasteiger partial charge in [-0.2, -0.15) is 0 Å². The first kappa shape index (κ1) is 23.2. The van der Waals surface area contributed by atoms with Gasteiger partial charge in [-0.05, 0) is 18.6 Å². The summed E-state index contributed by atoms with van der Waals surface area (Å²) >= 11 is 0. The van der Waals surface area contributed by atoms with Gasteiger partial charge in [0.05, 0.1) is 23.5 Å². The van der Waals surface area contributed by atoms with Gasteiger partial charge in [-0.3, -0.25) is 4.99 Å². The van der Waals surface area contributed by atoms with E-state index in [4.69, 9.17) is 9.73 Å². The molecule has 6 heteroatoms. The van der Waals surface area contributed by atoms with Gasteiger partial charge in [0.2, 0.25) is 0 Å². The number of sulfone groups is 1. The first-order valence-electron chi connectivity index (χ1n) is 10.2. The van der Waals surface area contributed by atoms with Crippen molar-refractivity contribution in [3.8, 4) is 0 Å². The lowest BCUT2D eigenvalue weighted by Crippen LogP contribution is -2.22. The molecule has 0 aromatic heterocycles. The molecule has 1 atom stereocenters. The van der Waals surface area contributed by atoms with Crippen LogP contribution in [0.2, 0.25) is 0 Å². The molecule has 0 aliphatic heterocycles. The van der Waals surface area contributed by atoms with Crippen LogP contribution in [0.25, 0.3) is 0 Å². The Balaban J connectivity index is 1.84. The Bertz CT molecular complexity index is 1130. The minimum Gasteiger partial charge on any atom is -0.467 e. The van der Waals surface area contributed by atoms with Crippen molar-refractivity contribution in [2.75, 3.05) is 12.9 Å². The van der Waals surface area contributed by atoms with Gasteiger partial charge in [0.25, 0.3) is 0 Å². The number of rotatable bonds is 9. The Kier molecular flexibility index (Phi) is 8.11. The van der Waals surface area contributed by atoms with E-state index >= 15 is 0 Å². The molecule has 3 rings (SSSR count). The standard InChI is InChI=1S/C26H25NO4S/c1-31-26(28)24(19-11-12-20-32(29,30)23-17-9-4-10-18-23)27-25(21-13-5-2-6-14-21)22-15-7-3-8-16-22/h2-18,24H,19-20H2,1H3/b12-11+. The van der Waals surface area contributed by atoms with Crippen molar-refractivity contribution in [2.24, 2.45) is 4.99 Å². The first-order valence-corrected chi connectivity index (χ1v) is 11.9. The average Bonchev–Trinajstić information content (AvgIpc) is 2.84. The van der Waals surface area contributed by atoms with Crippen LogP contribution in [-0.4, -0.2) is 39.0 Å². The van der Waals surface area contributed by atoms with Gasteiger partial charge < -0.3 is 4.74 Å². The van der Waals surface area contributed by atoms with Gasteiger partial charge in [0.15, 0.2) is 15.9 Å². The SMILES string of the molecule is COC(=O)C(C/C=C/CS(=O)(=O)c1ccccc1)N=C(c1ccccc1)c1ccccc1. The molecule has 0 aliphatic rings. The van der Waals surface area contributed by atoms with Crippen molar-refractivity contribution < 1.29 is 17.9 Å². The smallest absolute Gasteiger partial charge is 0.330 e. The van der Waals surface area contributed by atoms with E-state index < -0.39 is 21.8 Å². The Morgan fingerprint density at radius 2 is 1.34 bits per heavy atom.